The Labute approximate surface area is 213 Å². The number of carbonyl (C=O) groups is 2. The highest BCUT2D eigenvalue weighted by atomic mass is 16.6. The molecule has 0 spiro atoms. The minimum Gasteiger partial charge on any atom is -0.464 e. The Kier molecular flexibility index (Phi) is 6.72. The molecule has 37 heavy (non-hydrogen) atoms. The molecule has 0 aliphatic carbocycles. The molecule has 2 fully saturated rings. The second-order valence-electron chi connectivity index (χ2n) is 9.99. The molecule has 3 unspecified atom stereocenters. The second-order valence-corrected chi connectivity index (χ2v) is 9.99. The van der Waals surface area contributed by atoms with Crippen LogP contribution in [0, 0.1) is 0 Å². The van der Waals surface area contributed by atoms with Gasteiger partial charge in [0.2, 0.25) is 0 Å². The van der Waals surface area contributed by atoms with Gasteiger partial charge in [0.15, 0.2) is 5.65 Å². The first-order valence-electron chi connectivity index (χ1n) is 12.5. The largest absolute Gasteiger partial charge is 0.464 e. The van der Waals surface area contributed by atoms with E-state index in [4.69, 9.17) is 9.47 Å². The van der Waals surface area contributed by atoms with E-state index < -0.39 is 29.1 Å². The highest BCUT2D eigenvalue weighted by Crippen LogP contribution is 2.36. The maximum absolute atomic E-state index is 13.2. The molecular formula is C26H31N5O6. The lowest BCUT2D eigenvalue weighted by Gasteiger charge is -2.36. The number of aromatic amines is 1. The van der Waals surface area contributed by atoms with Gasteiger partial charge in [-0.05, 0) is 38.3 Å². The summed E-state index contributed by atoms with van der Waals surface area (Å²) in [7, 11) is 5.00. The van der Waals surface area contributed by atoms with Crippen LogP contribution >= 0.6 is 0 Å². The van der Waals surface area contributed by atoms with E-state index in [1.165, 1.54) is 18.7 Å². The summed E-state index contributed by atoms with van der Waals surface area (Å²) < 4.78 is 13.6. The van der Waals surface area contributed by atoms with Gasteiger partial charge in [-0.15, -0.1) is 0 Å². The van der Waals surface area contributed by atoms with Crippen molar-refractivity contribution in [1.82, 2.24) is 24.0 Å². The fourth-order valence-corrected chi connectivity index (χ4v) is 5.51. The van der Waals surface area contributed by atoms with Crippen molar-refractivity contribution >= 4 is 23.1 Å². The summed E-state index contributed by atoms with van der Waals surface area (Å²) in [5.41, 5.74) is -0.0446. The van der Waals surface area contributed by atoms with E-state index >= 15 is 0 Å². The van der Waals surface area contributed by atoms with Crippen LogP contribution in [0.1, 0.15) is 43.0 Å². The fourth-order valence-electron chi connectivity index (χ4n) is 5.51. The Bertz CT molecular complexity index is 1430. The zero-order valence-corrected chi connectivity index (χ0v) is 21.2. The summed E-state index contributed by atoms with van der Waals surface area (Å²) in [4.78, 5) is 59.9. The van der Waals surface area contributed by atoms with Crippen LogP contribution in [0.15, 0.2) is 39.9 Å². The number of benzene rings is 1. The quantitative estimate of drug-likeness (QED) is 0.467. The monoisotopic (exact) mass is 509 g/mol. The van der Waals surface area contributed by atoms with Crippen molar-refractivity contribution in [2.45, 2.75) is 56.2 Å². The first-order valence-corrected chi connectivity index (χ1v) is 12.5. The summed E-state index contributed by atoms with van der Waals surface area (Å²) in [6.45, 7) is -0.179. The summed E-state index contributed by atoms with van der Waals surface area (Å²) in [6.07, 6.45) is 3.48. The molecule has 3 atom stereocenters. The summed E-state index contributed by atoms with van der Waals surface area (Å²) >= 11 is 0. The minimum absolute atomic E-state index is 0.130. The van der Waals surface area contributed by atoms with Gasteiger partial charge in [-0.2, -0.15) is 0 Å². The zero-order valence-electron chi connectivity index (χ0n) is 21.2. The van der Waals surface area contributed by atoms with E-state index in [1.54, 1.807) is 0 Å². The maximum atomic E-state index is 13.2. The third kappa shape index (κ3) is 4.83. The number of hydrogen-bond donors (Lipinski definition) is 1. The van der Waals surface area contributed by atoms with Crippen molar-refractivity contribution in [2.75, 3.05) is 13.7 Å². The minimum atomic E-state index is -0.758. The molecule has 11 nitrogen and oxygen atoms in total. The number of imidazole rings is 1. The van der Waals surface area contributed by atoms with Crippen molar-refractivity contribution in [3.8, 4) is 0 Å². The van der Waals surface area contributed by atoms with Gasteiger partial charge in [-0.3, -0.25) is 23.5 Å². The molecule has 0 saturated carbocycles. The Morgan fingerprint density at radius 2 is 1.73 bits per heavy atom. The topological polar surface area (TPSA) is 129 Å². The van der Waals surface area contributed by atoms with E-state index in [0.717, 1.165) is 30.3 Å². The van der Waals surface area contributed by atoms with Crippen LogP contribution in [-0.2, 0) is 39.6 Å². The first kappa shape index (κ1) is 24.9. The zero-order chi connectivity index (χ0) is 26.3. The molecule has 3 aromatic rings. The molecule has 1 aromatic carbocycles. The predicted octanol–water partition coefficient (Wildman–Crippen LogP) is 0.998. The van der Waals surface area contributed by atoms with Crippen molar-refractivity contribution in [3.63, 3.8) is 0 Å². The molecule has 4 heterocycles. The fraction of sp³-hybridized carbons (Fsp3) is 0.500. The Balaban J connectivity index is 1.27. The number of H-pyrrole nitrogens is 1. The van der Waals surface area contributed by atoms with Crippen LogP contribution < -0.4 is 11.2 Å². The Morgan fingerprint density at radius 3 is 2.41 bits per heavy atom. The average Bonchev–Trinajstić information content (AvgIpc) is 3.38. The highest BCUT2D eigenvalue weighted by Gasteiger charge is 2.40. The van der Waals surface area contributed by atoms with Crippen LogP contribution in [-0.4, -0.2) is 67.8 Å². The smallest absolute Gasteiger partial charge is 0.332 e. The number of esters is 2. The molecule has 2 bridgehead atoms. The number of nitrogens with one attached hydrogen (secondary N) is 1. The molecule has 2 saturated heterocycles. The number of aryl methyl sites for hydroxylation is 1. The Morgan fingerprint density at radius 1 is 1.05 bits per heavy atom. The first-order chi connectivity index (χ1) is 17.7. The van der Waals surface area contributed by atoms with Gasteiger partial charge in [0, 0.05) is 26.2 Å². The number of aromatic nitrogens is 4. The normalized spacial score (nSPS) is 22.2. The van der Waals surface area contributed by atoms with Crippen molar-refractivity contribution in [3.05, 3.63) is 62.6 Å². The van der Waals surface area contributed by atoms with Gasteiger partial charge in [-0.25, -0.2) is 9.78 Å². The number of carbonyl (C=O) groups excluding carboxylic acids is 2. The molecule has 0 radical (unpaired) electrons. The molecule has 11 heteroatoms. The number of rotatable bonds is 7. The molecule has 1 N–H and O–H groups in total. The van der Waals surface area contributed by atoms with Crippen LogP contribution in [0.3, 0.4) is 0 Å². The van der Waals surface area contributed by atoms with E-state index in [0.29, 0.717) is 17.6 Å². The van der Waals surface area contributed by atoms with Crippen LogP contribution in [0.2, 0.25) is 0 Å². The molecular weight excluding hydrogens is 478 g/mol. The lowest BCUT2D eigenvalue weighted by atomic mass is 9.98. The van der Waals surface area contributed by atoms with E-state index in [-0.39, 0.29) is 36.1 Å². The summed E-state index contributed by atoms with van der Waals surface area (Å²) in [5, 5.41) is 0. The standard InChI is InChI=1S/C26H31N5O6/c1-29-16-9-10-17(29)12-18(11-16)37-25(34)19(15-7-5-4-6-8-15)14-36-21(32)13-20-27-22-23(28-20)30(2)26(35)31(3)24(22)33/h4-8,16-19H,9-14H2,1-3H3,(H,27,28). The van der Waals surface area contributed by atoms with Gasteiger partial charge >= 0.3 is 17.6 Å². The van der Waals surface area contributed by atoms with Gasteiger partial charge in [0.1, 0.15) is 36.4 Å². The van der Waals surface area contributed by atoms with Gasteiger partial charge in [-0.1, -0.05) is 30.3 Å². The lowest BCUT2D eigenvalue weighted by molar-refractivity contribution is -0.157. The van der Waals surface area contributed by atoms with Crippen LogP contribution in [0.25, 0.3) is 11.2 Å². The van der Waals surface area contributed by atoms with Crippen LogP contribution in [0.4, 0.5) is 0 Å². The predicted molar refractivity (Wildman–Crippen MR) is 134 cm³/mol. The maximum Gasteiger partial charge on any atom is 0.332 e. The van der Waals surface area contributed by atoms with Crippen molar-refractivity contribution in [1.29, 1.82) is 0 Å². The molecule has 2 aliphatic rings. The second kappa shape index (κ2) is 9.97. The molecule has 2 aromatic heterocycles. The highest BCUT2D eigenvalue weighted by molar-refractivity contribution is 5.80. The molecule has 196 valence electrons. The van der Waals surface area contributed by atoms with Gasteiger partial charge < -0.3 is 19.4 Å². The number of hydrogen-bond acceptors (Lipinski definition) is 8. The Hall–Kier alpha value is -3.73. The molecule has 2 aliphatic heterocycles. The SMILES string of the molecule is CN1C2CCC1CC(OC(=O)C(COC(=O)Cc1nc3c([nH]1)c(=O)n(C)c(=O)n3C)c1ccccc1)C2. The number of ether oxygens (including phenoxy) is 2. The third-order valence-electron chi connectivity index (χ3n) is 7.69. The van der Waals surface area contributed by atoms with Crippen molar-refractivity contribution < 1.29 is 19.1 Å². The van der Waals surface area contributed by atoms with E-state index in [1.807, 2.05) is 30.3 Å². The number of nitrogens with zero attached hydrogens (tertiary/aromatic N) is 4. The molecule has 5 rings (SSSR count). The van der Waals surface area contributed by atoms with Crippen LogP contribution in [0.5, 0.6) is 0 Å². The van der Waals surface area contributed by atoms with E-state index in [9.17, 15) is 19.2 Å². The van der Waals surface area contributed by atoms with Gasteiger partial charge in [0.05, 0.1) is 0 Å². The summed E-state index contributed by atoms with van der Waals surface area (Å²) in [5.74, 6) is -1.59. The van der Waals surface area contributed by atoms with E-state index in [2.05, 4.69) is 21.9 Å². The van der Waals surface area contributed by atoms with Crippen molar-refractivity contribution in [2.24, 2.45) is 14.1 Å². The average molecular weight is 510 g/mol. The lowest BCUT2D eigenvalue weighted by Crippen LogP contribution is -2.44. The summed E-state index contributed by atoms with van der Waals surface area (Å²) in [6, 6.07) is 10.0. The number of piperidine rings is 1. The molecule has 0 amide bonds. The number of fused-ring (bicyclic) bond motifs is 3. The van der Waals surface area contributed by atoms with Gasteiger partial charge in [0.25, 0.3) is 5.56 Å². The third-order valence-corrected chi connectivity index (χ3v) is 7.69.